The smallest absolute Gasteiger partial charge is 0.183 e. The van der Waals surface area contributed by atoms with Crippen molar-refractivity contribution in [2.24, 2.45) is 5.92 Å². The van der Waals surface area contributed by atoms with E-state index >= 15 is 0 Å². The summed E-state index contributed by atoms with van der Waals surface area (Å²) in [6.45, 7) is 4.51. The van der Waals surface area contributed by atoms with E-state index in [2.05, 4.69) is 0 Å². The van der Waals surface area contributed by atoms with E-state index in [9.17, 15) is 13.2 Å². The van der Waals surface area contributed by atoms with Crippen LogP contribution >= 0.6 is 0 Å². The molecule has 160 valence electrons. The Balaban J connectivity index is 1.53. The molecular formula is C26H23F3O2. The van der Waals surface area contributed by atoms with Crippen molar-refractivity contribution >= 4 is 0 Å². The molecule has 0 aliphatic carbocycles. The van der Waals surface area contributed by atoms with E-state index in [0.717, 1.165) is 0 Å². The molecule has 0 N–H and O–H groups in total. The van der Waals surface area contributed by atoms with Gasteiger partial charge in [0, 0.05) is 22.6 Å². The van der Waals surface area contributed by atoms with Crippen molar-refractivity contribution in [3.05, 3.63) is 95.3 Å². The fourth-order valence-electron chi connectivity index (χ4n) is 3.70. The van der Waals surface area contributed by atoms with Crippen LogP contribution in [0, 0.1) is 30.3 Å². The minimum atomic E-state index is -0.882. The molecule has 2 nitrogen and oxygen atoms in total. The maximum atomic E-state index is 14.8. The molecule has 1 fully saturated rings. The molecule has 4 rings (SSSR count). The monoisotopic (exact) mass is 424 g/mol. The maximum absolute atomic E-state index is 14.8. The van der Waals surface area contributed by atoms with Gasteiger partial charge in [-0.05, 0) is 36.6 Å². The highest BCUT2D eigenvalue weighted by Crippen LogP contribution is 2.32. The summed E-state index contributed by atoms with van der Waals surface area (Å²) in [4.78, 5) is 0. The quantitative estimate of drug-likeness (QED) is 0.421. The molecule has 0 bridgehead atoms. The zero-order valence-electron chi connectivity index (χ0n) is 17.4. The van der Waals surface area contributed by atoms with Gasteiger partial charge >= 0.3 is 0 Å². The molecule has 0 aromatic heterocycles. The van der Waals surface area contributed by atoms with Gasteiger partial charge in [-0.2, -0.15) is 0 Å². The van der Waals surface area contributed by atoms with Crippen molar-refractivity contribution in [3.63, 3.8) is 0 Å². The minimum Gasteiger partial charge on any atom is -0.348 e. The van der Waals surface area contributed by atoms with Gasteiger partial charge in [-0.3, -0.25) is 0 Å². The summed E-state index contributed by atoms with van der Waals surface area (Å²) in [5, 5.41) is 0. The summed E-state index contributed by atoms with van der Waals surface area (Å²) >= 11 is 0. The number of hydrogen-bond acceptors (Lipinski definition) is 2. The molecular weight excluding hydrogens is 401 g/mol. The molecule has 3 aromatic carbocycles. The largest absolute Gasteiger partial charge is 0.348 e. The van der Waals surface area contributed by atoms with E-state index in [1.54, 1.807) is 42.5 Å². The molecule has 1 saturated heterocycles. The van der Waals surface area contributed by atoms with Crippen molar-refractivity contribution in [3.8, 4) is 22.3 Å². The summed E-state index contributed by atoms with van der Waals surface area (Å²) in [6, 6.07) is 14.7. The standard InChI is InChI=1S/C26H23F3O2/c1-3-4-17-14-30-26(31-15-17)20-10-12-21(23(27)13-20)18-6-8-19(9-7-18)22-11-5-16(2)24(28)25(22)29/h3-13,17,26H,14-15H2,1-2H3. The first-order valence-corrected chi connectivity index (χ1v) is 10.2. The Morgan fingerprint density at radius 1 is 0.806 bits per heavy atom. The zero-order valence-corrected chi connectivity index (χ0v) is 17.4. The van der Waals surface area contributed by atoms with Crippen molar-refractivity contribution in [1.29, 1.82) is 0 Å². The predicted molar refractivity (Wildman–Crippen MR) is 115 cm³/mol. The van der Waals surface area contributed by atoms with Gasteiger partial charge in [0.25, 0.3) is 0 Å². The lowest BCUT2D eigenvalue weighted by molar-refractivity contribution is -0.197. The molecule has 0 radical (unpaired) electrons. The number of allylic oxidation sites excluding steroid dienone is 1. The number of ether oxygens (including phenoxy) is 2. The van der Waals surface area contributed by atoms with Crippen LogP contribution in [0.4, 0.5) is 13.2 Å². The summed E-state index contributed by atoms with van der Waals surface area (Å²) < 4.78 is 54.4. The SMILES string of the molecule is CC=CC1COC(c2ccc(-c3ccc(-c4ccc(C)c(F)c4F)cc3)c(F)c2)OC1. The van der Waals surface area contributed by atoms with Crippen LogP contribution in [0.2, 0.25) is 0 Å². The highest BCUT2D eigenvalue weighted by atomic mass is 19.2. The van der Waals surface area contributed by atoms with Gasteiger partial charge in [0.1, 0.15) is 5.82 Å². The van der Waals surface area contributed by atoms with Crippen LogP contribution in [0.3, 0.4) is 0 Å². The Labute approximate surface area is 179 Å². The second-order valence-corrected chi connectivity index (χ2v) is 7.66. The van der Waals surface area contributed by atoms with Gasteiger partial charge in [-0.15, -0.1) is 0 Å². The van der Waals surface area contributed by atoms with Crippen LogP contribution in [0.25, 0.3) is 22.3 Å². The zero-order chi connectivity index (χ0) is 22.0. The van der Waals surface area contributed by atoms with Gasteiger partial charge in [0.05, 0.1) is 13.2 Å². The molecule has 0 atom stereocenters. The summed E-state index contributed by atoms with van der Waals surface area (Å²) in [5.41, 5.74) is 2.62. The van der Waals surface area contributed by atoms with E-state index in [4.69, 9.17) is 9.47 Å². The summed E-state index contributed by atoms with van der Waals surface area (Å²) in [6.07, 6.45) is 3.40. The van der Waals surface area contributed by atoms with Gasteiger partial charge in [-0.25, -0.2) is 13.2 Å². The number of hydrogen-bond donors (Lipinski definition) is 0. The highest BCUT2D eigenvalue weighted by molar-refractivity contribution is 5.71. The first kappa shape index (κ1) is 21.3. The van der Waals surface area contributed by atoms with E-state index < -0.39 is 23.7 Å². The lowest BCUT2D eigenvalue weighted by Crippen LogP contribution is -2.25. The third-order valence-corrected chi connectivity index (χ3v) is 5.44. The van der Waals surface area contributed by atoms with Gasteiger partial charge in [0.2, 0.25) is 0 Å². The molecule has 1 aliphatic rings. The second-order valence-electron chi connectivity index (χ2n) is 7.66. The Hall–Kier alpha value is -2.89. The van der Waals surface area contributed by atoms with E-state index in [0.29, 0.717) is 35.5 Å². The topological polar surface area (TPSA) is 18.5 Å². The molecule has 31 heavy (non-hydrogen) atoms. The van der Waals surface area contributed by atoms with Crippen molar-refractivity contribution in [1.82, 2.24) is 0 Å². The predicted octanol–water partition coefficient (Wildman–Crippen LogP) is 6.98. The van der Waals surface area contributed by atoms with Crippen LogP contribution in [-0.2, 0) is 9.47 Å². The van der Waals surface area contributed by atoms with E-state index in [1.165, 1.54) is 19.1 Å². The third kappa shape index (κ3) is 4.43. The molecule has 1 heterocycles. The fraction of sp³-hybridized carbons (Fsp3) is 0.231. The van der Waals surface area contributed by atoms with Gasteiger partial charge in [-0.1, -0.05) is 60.7 Å². The third-order valence-electron chi connectivity index (χ3n) is 5.44. The molecule has 0 unspecified atom stereocenters. The Bertz CT molecular complexity index is 1100. The number of halogens is 3. The summed E-state index contributed by atoms with van der Waals surface area (Å²) in [5.74, 6) is -1.93. The van der Waals surface area contributed by atoms with Crippen LogP contribution < -0.4 is 0 Å². The maximum Gasteiger partial charge on any atom is 0.183 e. The lowest BCUT2D eigenvalue weighted by Gasteiger charge is -2.28. The van der Waals surface area contributed by atoms with Crippen LogP contribution in [0.1, 0.15) is 24.3 Å². The normalized spacial score (nSPS) is 19.1. The van der Waals surface area contributed by atoms with Crippen molar-refractivity contribution < 1.29 is 22.6 Å². The Kier molecular flexibility index (Phi) is 6.25. The molecule has 0 saturated carbocycles. The molecule has 0 spiro atoms. The molecule has 1 aliphatic heterocycles. The van der Waals surface area contributed by atoms with Crippen molar-refractivity contribution in [2.45, 2.75) is 20.1 Å². The van der Waals surface area contributed by atoms with Gasteiger partial charge < -0.3 is 9.47 Å². The fourth-order valence-corrected chi connectivity index (χ4v) is 3.70. The van der Waals surface area contributed by atoms with Crippen molar-refractivity contribution in [2.75, 3.05) is 13.2 Å². The number of benzene rings is 3. The first-order valence-electron chi connectivity index (χ1n) is 10.2. The number of aryl methyl sites for hydroxylation is 1. The first-order chi connectivity index (χ1) is 15.0. The van der Waals surface area contributed by atoms with Crippen LogP contribution in [-0.4, -0.2) is 13.2 Å². The number of rotatable bonds is 4. The minimum absolute atomic E-state index is 0.174. The van der Waals surface area contributed by atoms with Crippen LogP contribution in [0.15, 0.2) is 66.7 Å². The average molecular weight is 424 g/mol. The molecule has 5 heteroatoms. The lowest BCUT2D eigenvalue weighted by atomic mass is 9.98. The average Bonchev–Trinajstić information content (AvgIpc) is 2.79. The Morgan fingerprint density at radius 2 is 1.42 bits per heavy atom. The Morgan fingerprint density at radius 3 is 2.03 bits per heavy atom. The molecule has 3 aromatic rings. The van der Waals surface area contributed by atoms with Crippen LogP contribution in [0.5, 0.6) is 0 Å². The van der Waals surface area contributed by atoms with E-state index in [1.807, 2.05) is 19.1 Å². The second kappa shape index (κ2) is 9.08. The highest BCUT2D eigenvalue weighted by Gasteiger charge is 2.23. The summed E-state index contributed by atoms with van der Waals surface area (Å²) in [7, 11) is 0. The molecule has 0 amide bonds. The van der Waals surface area contributed by atoms with Gasteiger partial charge in [0.15, 0.2) is 17.9 Å². The van der Waals surface area contributed by atoms with E-state index in [-0.39, 0.29) is 17.0 Å².